The molecule has 0 aliphatic rings. The Balaban J connectivity index is 2.44. The number of aliphatic hydroxyl groups is 1. The van der Waals surface area contributed by atoms with Gasteiger partial charge in [0.2, 0.25) is 0 Å². The van der Waals surface area contributed by atoms with E-state index >= 15 is 0 Å². The van der Waals surface area contributed by atoms with Gasteiger partial charge in [0.25, 0.3) is 0 Å². The second kappa shape index (κ2) is 3.74. The molecule has 2 N–H and O–H groups in total. The number of phenols is 1. The van der Waals surface area contributed by atoms with E-state index in [0.717, 1.165) is 11.1 Å². The standard InChI is InChI=1S/C11H11NO3/c1-7-4-9(14)2-3-10(7)11-5-8(6-13)12-15-11/h2-5,13-14H,6H2,1H3. The molecule has 0 atom stereocenters. The van der Waals surface area contributed by atoms with Gasteiger partial charge < -0.3 is 14.7 Å². The van der Waals surface area contributed by atoms with Gasteiger partial charge >= 0.3 is 0 Å². The number of benzene rings is 1. The van der Waals surface area contributed by atoms with Crippen molar-refractivity contribution in [3.63, 3.8) is 0 Å². The molecular formula is C11H11NO3. The molecule has 0 bridgehead atoms. The number of aromatic nitrogens is 1. The third-order valence-electron chi connectivity index (χ3n) is 2.20. The molecule has 78 valence electrons. The van der Waals surface area contributed by atoms with Crippen molar-refractivity contribution in [3.8, 4) is 17.1 Å². The fourth-order valence-corrected chi connectivity index (χ4v) is 1.44. The van der Waals surface area contributed by atoms with Crippen LogP contribution in [-0.4, -0.2) is 15.4 Å². The van der Waals surface area contributed by atoms with Crippen LogP contribution >= 0.6 is 0 Å². The van der Waals surface area contributed by atoms with E-state index in [0.29, 0.717) is 11.5 Å². The van der Waals surface area contributed by atoms with Gasteiger partial charge in [0, 0.05) is 11.6 Å². The molecule has 2 aromatic rings. The normalized spacial score (nSPS) is 10.5. The molecule has 0 aliphatic carbocycles. The third kappa shape index (κ3) is 1.85. The summed E-state index contributed by atoms with van der Waals surface area (Å²) in [5.41, 5.74) is 2.26. The number of aliphatic hydroxyl groups excluding tert-OH is 1. The van der Waals surface area contributed by atoms with Crippen molar-refractivity contribution in [3.05, 3.63) is 35.5 Å². The van der Waals surface area contributed by atoms with Gasteiger partial charge in [-0.25, -0.2) is 0 Å². The van der Waals surface area contributed by atoms with Crippen LogP contribution in [0.3, 0.4) is 0 Å². The van der Waals surface area contributed by atoms with Gasteiger partial charge in [-0.1, -0.05) is 5.16 Å². The van der Waals surface area contributed by atoms with Crippen molar-refractivity contribution in [2.75, 3.05) is 0 Å². The van der Waals surface area contributed by atoms with Crippen molar-refractivity contribution in [2.45, 2.75) is 13.5 Å². The monoisotopic (exact) mass is 205 g/mol. The highest BCUT2D eigenvalue weighted by atomic mass is 16.5. The lowest BCUT2D eigenvalue weighted by Gasteiger charge is -2.01. The van der Waals surface area contributed by atoms with Crippen LogP contribution < -0.4 is 0 Å². The summed E-state index contributed by atoms with van der Waals surface area (Å²) in [6.07, 6.45) is 0. The third-order valence-corrected chi connectivity index (χ3v) is 2.20. The van der Waals surface area contributed by atoms with Gasteiger partial charge in [-0.2, -0.15) is 0 Å². The van der Waals surface area contributed by atoms with E-state index in [-0.39, 0.29) is 12.4 Å². The summed E-state index contributed by atoms with van der Waals surface area (Å²) in [6, 6.07) is 6.67. The van der Waals surface area contributed by atoms with E-state index in [4.69, 9.17) is 9.63 Å². The minimum absolute atomic E-state index is 0.138. The maximum absolute atomic E-state index is 9.25. The lowest BCUT2D eigenvalue weighted by atomic mass is 10.1. The first-order valence-corrected chi connectivity index (χ1v) is 4.57. The van der Waals surface area contributed by atoms with Crippen LogP contribution in [0, 0.1) is 6.92 Å². The Bertz CT molecular complexity index is 476. The summed E-state index contributed by atoms with van der Waals surface area (Å²) in [7, 11) is 0. The fraction of sp³-hybridized carbons (Fsp3) is 0.182. The summed E-state index contributed by atoms with van der Waals surface area (Å²) in [5.74, 6) is 0.815. The Morgan fingerprint density at radius 1 is 1.33 bits per heavy atom. The molecule has 0 fully saturated rings. The van der Waals surface area contributed by atoms with E-state index in [9.17, 15) is 5.11 Å². The topological polar surface area (TPSA) is 66.5 Å². The molecule has 0 radical (unpaired) electrons. The molecule has 1 aromatic heterocycles. The lowest BCUT2D eigenvalue weighted by molar-refractivity contribution is 0.267. The molecular weight excluding hydrogens is 194 g/mol. The number of aromatic hydroxyl groups is 1. The van der Waals surface area contributed by atoms with Crippen LogP contribution in [0.4, 0.5) is 0 Å². The molecule has 4 heteroatoms. The van der Waals surface area contributed by atoms with Gasteiger partial charge in [0.1, 0.15) is 11.4 Å². The summed E-state index contributed by atoms with van der Waals surface area (Å²) < 4.78 is 5.07. The molecule has 2 rings (SSSR count). The number of aryl methyl sites for hydroxylation is 1. The SMILES string of the molecule is Cc1cc(O)ccc1-c1cc(CO)no1. The van der Waals surface area contributed by atoms with Crippen molar-refractivity contribution < 1.29 is 14.7 Å². The zero-order valence-electron chi connectivity index (χ0n) is 8.27. The van der Waals surface area contributed by atoms with Gasteiger partial charge in [-0.05, 0) is 30.7 Å². The van der Waals surface area contributed by atoms with Crippen molar-refractivity contribution in [2.24, 2.45) is 0 Å². The number of phenolic OH excluding ortho intramolecular Hbond substituents is 1. The fourth-order valence-electron chi connectivity index (χ4n) is 1.44. The summed E-state index contributed by atoms with van der Waals surface area (Å²) in [6.45, 7) is 1.73. The maximum Gasteiger partial charge on any atom is 0.167 e. The van der Waals surface area contributed by atoms with E-state index < -0.39 is 0 Å². The second-order valence-corrected chi connectivity index (χ2v) is 3.34. The minimum Gasteiger partial charge on any atom is -0.508 e. The van der Waals surface area contributed by atoms with Crippen molar-refractivity contribution in [1.29, 1.82) is 0 Å². The predicted octanol–water partition coefficient (Wildman–Crippen LogP) is 1.85. The van der Waals surface area contributed by atoms with Gasteiger partial charge in [-0.3, -0.25) is 0 Å². The van der Waals surface area contributed by atoms with Crippen LogP contribution in [-0.2, 0) is 6.61 Å². The molecule has 0 saturated heterocycles. The Morgan fingerprint density at radius 2 is 2.13 bits per heavy atom. The Kier molecular flexibility index (Phi) is 2.43. The highest BCUT2D eigenvalue weighted by molar-refractivity contribution is 5.63. The smallest absolute Gasteiger partial charge is 0.167 e. The second-order valence-electron chi connectivity index (χ2n) is 3.34. The van der Waals surface area contributed by atoms with Crippen molar-refractivity contribution in [1.82, 2.24) is 5.16 Å². The molecule has 15 heavy (non-hydrogen) atoms. The lowest BCUT2D eigenvalue weighted by Crippen LogP contribution is -1.81. The minimum atomic E-state index is -0.138. The first-order chi connectivity index (χ1) is 7.20. The van der Waals surface area contributed by atoms with Gasteiger partial charge in [0.05, 0.1) is 6.61 Å². The molecule has 0 aliphatic heterocycles. The number of rotatable bonds is 2. The van der Waals surface area contributed by atoms with Gasteiger partial charge in [0.15, 0.2) is 5.76 Å². The van der Waals surface area contributed by atoms with E-state index in [1.807, 2.05) is 6.92 Å². The highest BCUT2D eigenvalue weighted by Gasteiger charge is 2.08. The zero-order valence-corrected chi connectivity index (χ0v) is 8.27. The Morgan fingerprint density at radius 3 is 2.73 bits per heavy atom. The zero-order chi connectivity index (χ0) is 10.8. The van der Waals surface area contributed by atoms with Crippen LogP contribution in [0.2, 0.25) is 0 Å². The number of hydrogen-bond donors (Lipinski definition) is 2. The van der Waals surface area contributed by atoms with Crippen LogP contribution in [0.25, 0.3) is 11.3 Å². The molecule has 0 saturated carbocycles. The molecule has 0 spiro atoms. The first-order valence-electron chi connectivity index (χ1n) is 4.57. The van der Waals surface area contributed by atoms with E-state index in [1.54, 1.807) is 24.3 Å². The Labute approximate surface area is 86.8 Å². The summed E-state index contributed by atoms with van der Waals surface area (Å²) in [4.78, 5) is 0. The largest absolute Gasteiger partial charge is 0.508 e. The maximum atomic E-state index is 9.25. The van der Waals surface area contributed by atoms with Crippen LogP contribution in [0.1, 0.15) is 11.3 Å². The Hall–Kier alpha value is -1.81. The summed E-state index contributed by atoms with van der Waals surface area (Å²) in [5, 5.41) is 21.8. The number of nitrogens with zero attached hydrogens (tertiary/aromatic N) is 1. The first kappa shape index (κ1) is 9.73. The van der Waals surface area contributed by atoms with E-state index in [2.05, 4.69) is 5.16 Å². The molecule has 1 heterocycles. The molecule has 1 aromatic carbocycles. The van der Waals surface area contributed by atoms with Gasteiger partial charge in [-0.15, -0.1) is 0 Å². The number of hydrogen-bond acceptors (Lipinski definition) is 4. The predicted molar refractivity (Wildman–Crippen MR) is 54.3 cm³/mol. The molecule has 0 unspecified atom stereocenters. The van der Waals surface area contributed by atoms with Crippen molar-refractivity contribution >= 4 is 0 Å². The van der Waals surface area contributed by atoms with Crippen LogP contribution in [0.5, 0.6) is 5.75 Å². The summed E-state index contributed by atoms with van der Waals surface area (Å²) >= 11 is 0. The molecule has 0 amide bonds. The van der Waals surface area contributed by atoms with E-state index in [1.165, 1.54) is 0 Å². The quantitative estimate of drug-likeness (QED) is 0.785. The molecule has 4 nitrogen and oxygen atoms in total. The average molecular weight is 205 g/mol. The van der Waals surface area contributed by atoms with Crippen LogP contribution in [0.15, 0.2) is 28.8 Å². The average Bonchev–Trinajstić information content (AvgIpc) is 2.66. The highest BCUT2D eigenvalue weighted by Crippen LogP contribution is 2.26.